The van der Waals surface area contributed by atoms with Crippen LogP contribution in [0.2, 0.25) is 0 Å². The monoisotopic (exact) mass is 331 g/mol. The summed E-state index contributed by atoms with van der Waals surface area (Å²) in [7, 11) is 0. The first-order valence-electron chi connectivity index (χ1n) is 8.37. The van der Waals surface area contributed by atoms with Gasteiger partial charge in [-0.05, 0) is 38.3 Å². The minimum atomic E-state index is -0.863. The third-order valence-electron chi connectivity index (χ3n) is 4.04. The van der Waals surface area contributed by atoms with Gasteiger partial charge in [-0.1, -0.05) is 31.5 Å². The van der Waals surface area contributed by atoms with E-state index >= 15 is 0 Å². The second-order valence-electron chi connectivity index (χ2n) is 6.57. The number of amides is 4. The Morgan fingerprint density at radius 3 is 2.58 bits per heavy atom. The molecule has 1 saturated heterocycles. The smallest absolute Gasteiger partial charge is 0.325 e. The van der Waals surface area contributed by atoms with Crippen molar-refractivity contribution in [3.05, 3.63) is 29.8 Å². The summed E-state index contributed by atoms with van der Waals surface area (Å²) >= 11 is 0. The molecular weight excluding hydrogens is 306 g/mol. The zero-order valence-electron chi connectivity index (χ0n) is 14.5. The quantitative estimate of drug-likeness (QED) is 0.754. The van der Waals surface area contributed by atoms with Gasteiger partial charge in [-0.2, -0.15) is 0 Å². The Labute approximate surface area is 142 Å². The van der Waals surface area contributed by atoms with E-state index in [2.05, 4.69) is 17.6 Å². The molecule has 6 heteroatoms. The van der Waals surface area contributed by atoms with Crippen molar-refractivity contribution in [2.45, 2.75) is 52.0 Å². The molecule has 2 rings (SSSR count). The zero-order chi connectivity index (χ0) is 17.7. The molecular formula is C18H25N3O3. The van der Waals surface area contributed by atoms with Gasteiger partial charge >= 0.3 is 6.03 Å². The lowest BCUT2D eigenvalue weighted by Crippen LogP contribution is -2.40. The van der Waals surface area contributed by atoms with Crippen LogP contribution in [0.25, 0.3) is 0 Å². The second kappa shape index (κ2) is 7.47. The van der Waals surface area contributed by atoms with Crippen molar-refractivity contribution < 1.29 is 14.4 Å². The van der Waals surface area contributed by atoms with E-state index in [1.807, 2.05) is 24.3 Å². The van der Waals surface area contributed by atoms with E-state index in [4.69, 9.17) is 0 Å². The first kappa shape index (κ1) is 18.0. The third kappa shape index (κ3) is 4.13. The molecule has 24 heavy (non-hydrogen) atoms. The molecule has 0 atom stereocenters. The first-order chi connectivity index (χ1) is 11.3. The molecule has 2 N–H and O–H groups in total. The van der Waals surface area contributed by atoms with Gasteiger partial charge in [-0.25, -0.2) is 4.79 Å². The van der Waals surface area contributed by atoms with Crippen LogP contribution < -0.4 is 10.6 Å². The summed E-state index contributed by atoms with van der Waals surface area (Å²) in [4.78, 5) is 37.1. The number of hydrogen-bond acceptors (Lipinski definition) is 3. The molecule has 0 aliphatic carbocycles. The van der Waals surface area contributed by atoms with Crippen LogP contribution in [-0.2, 0) is 16.0 Å². The molecule has 130 valence electrons. The fourth-order valence-electron chi connectivity index (χ4n) is 2.76. The van der Waals surface area contributed by atoms with Gasteiger partial charge in [0.1, 0.15) is 5.54 Å². The molecule has 0 unspecified atom stereocenters. The second-order valence-corrected chi connectivity index (χ2v) is 6.57. The molecule has 1 heterocycles. The highest BCUT2D eigenvalue weighted by Gasteiger charge is 2.43. The maximum absolute atomic E-state index is 12.1. The predicted octanol–water partition coefficient (Wildman–Crippen LogP) is 2.69. The summed E-state index contributed by atoms with van der Waals surface area (Å²) < 4.78 is 0. The van der Waals surface area contributed by atoms with Gasteiger partial charge in [0.2, 0.25) is 5.91 Å². The molecule has 1 aromatic rings. The topological polar surface area (TPSA) is 78.5 Å². The number of hydrogen-bond donors (Lipinski definition) is 2. The fourth-order valence-corrected chi connectivity index (χ4v) is 2.76. The first-order valence-corrected chi connectivity index (χ1v) is 8.37. The Balaban J connectivity index is 1.84. The van der Waals surface area contributed by atoms with E-state index < -0.39 is 11.6 Å². The summed E-state index contributed by atoms with van der Waals surface area (Å²) in [6, 6.07) is 7.36. The largest absolute Gasteiger partial charge is 0.326 e. The van der Waals surface area contributed by atoms with Gasteiger partial charge in [-0.3, -0.25) is 14.5 Å². The zero-order valence-corrected chi connectivity index (χ0v) is 14.5. The van der Waals surface area contributed by atoms with Crippen LogP contribution in [0.15, 0.2) is 24.3 Å². The third-order valence-corrected chi connectivity index (χ3v) is 4.04. The maximum atomic E-state index is 12.1. The van der Waals surface area contributed by atoms with Crippen LogP contribution in [0.3, 0.4) is 0 Å². The molecule has 0 aromatic heterocycles. The molecule has 1 aliphatic heterocycles. The molecule has 0 bridgehead atoms. The Bertz CT molecular complexity index is 640. The molecule has 0 radical (unpaired) electrons. The van der Waals surface area contributed by atoms with E-state index in [0.717, 1.165) is 24.1 Å². The number of carbonyl (C=O) groups excluding carboxylic acids is 3. The van der Waals surface area contributed by atoms with Crippen molar-refractivity contribution in [3.8, 4) is 0 Å². The molecule has 1 aliphatic rings. The van der Waals surface area contributed by atoms with Crippen LogP contribution in [-0.4, -0.2) is 34.8 Å². The van der Waals surface area contributed by atoms with Crippen molar-refractivity contribution in [1.82, 2.24) is 10.2 Å². The molecule has 0 spiro atoms. The average molecular weight is 331 g/mol. The van der Waals surface area contributed by atoms with Gasteiger partial charge in [0.25, 0.3) is 5.91 Å². The number of carbonyl (C=O) groups is 3. The standard InChI is InChI=1S/C18H25N3O3/c1-4-8-13-9-5-6-10-14(13)19-15(22)11-7-12-21-16(23)18(2,3)20-17(21)24/h5-6,9-10H,4,7-8,11-12H2,1-3H3,(H,19,22)(H,20,24). The molecule has 0 saturated carbocycles. The number of anilines is 1. The predicted molar refractivity (Wildman–Crippen MR) is 92.6 cm³/mol. The van der Waals surface area contributed by atoms with E-state index in [9.17, 15) is 14.4 Å². The maximum Gasteiger partial charge on any atom is 0.325 e. The fraction of sp³-hybridized carbons (Fsp3) is 0.500. The number of nitrogens with one attached hydrogen (secondary N) is 2. The van der Waals surface area contributed by atoms with Crippen LogP contribution in [0.5, 0.6) is 0 Å². The summed E-state index contributed by atoms with van der Waals surface area (Å²) in [6.45, 7) is 5.69. The molecule has 6 nitrogen and oxygen atoms in total. The molecule has 4 amide bonds. The highest BCUT2D eigenvalue weighted by molar-refractivity contribution is 6.06. The number of rotatable bonds is 7. The Morgan fingerprint density at radius 2 is 1.96 bits per heavy atom. The lowest BCUT2D eigenvalue weighted by molar-refractivity contribution is -0.130. The van der Waals surface area contributed by atoms with E-state index in [1.165, 1.54) is 4.90 Å². The average Bonchev–Trinajstić information content (AvgIpc) is 2.71. The van der Waals surface area contributed by atoms with E-state index in [-0.39, 0.29) is 24.8 Å². The molecule has 1 fully saturated rings. The summed E-state index contributed by atoms with van der Waals surface area (Å²) in [6.07, 6.45) is 2.62. The highest BCUT2D eigenvalue weighted by Crippen LogP contribution is 2.19. The number of benzene rings is 1. The molecule has 1 aromatic carbocycles. The normalized spacial score (nSPS) is 16.2. The van der Waals surface area contributed by atoms with Gasteiger partial charge in [-0.15, -0.1) is 0 Å². The van der Waals surface area contributed by atoms with Crippen LogP contribution in [0.1, 0.15) is 45.6 Å². The summed E-state index contributed by atoms with van der Waals surface area (Å²) in [5, 5.41) is 5.55. The lowest BCUT2D eigenvalue weighted by Gasteiger charge is -2.16. The van der Waals surface area contributed by atoms with Crippen molar-refractivity contribution in [1.29, 1.82) is 0 Å². The summed E-state index contributed by atoms with van der Waals surface area (Å²) in [5.74, 6) is -0.355. The minimum absolute atomic E-state index is 0.107. The van der Waals surface area contributed by atoms with Crippen molar-refractivity contribution in [2.24, 2.45) is 0 Å². The Morgan fingerprint density at radius 1 is 1.25 bits per heavy atom. The number of para-hydroxylation sites is 1. The van der Waals surface area contributed by atoms with Crippen molar-refractivity contribution in [2.75, 3.05) is 11.9 Å². The van der Waals surface area contributed by atoms with Crippen LogP contribution in [0.4, 0.5) is 10.5 Å². The summed E-state index contributed by atoms with van der Waals surface area (Å²) in [5.41, 5.74) is 1.09. The number of aryl methyl sites for hydroxylation is 1. The van der Waals surface area contributed by atoms with Crippen molar-refractivity contribution >= 4 is 23.5 Å². The Kier molecular flexibility index (Phi) is 5.59. The van der Waals surface area contributed by atoms with Gasteiger partial charge in [0, 0.05) is 18.7 Å². The van der Waals surface area contributed by atoms with E-state index in [1.54, 1.807) is 13.8 Å². The van der Waals surface area contributed by atoms with Crippen LogP contribution in [0, 0.1) is 0 Å². The Hall–Kier alpha value is -2.37. The number of urea groups is 1. The number of imide groups is 1. The van der Waals surface area contributed by atoms with Gasteiger partial charge in [0.15, 0.2) is 0 Å². The van der Waals surface area contributed by atoms with Gasteiger partial charge in [0.05, 0.1) is 0 Å². The SMILES string of the molecule is CCCc1ccccc1NC(=O)CCCN1C(=O)NC(C)(C)C1=O. The van der Waals surface area contributed by atoms with Gasteiger partial charge < -0.3 is 10.6 Å². The number of nitrogens with zero attached hydrogens (tertiary/aromatic N) is 1. The lowest BCUT2D eigenvalue weighted by atomic mass is 10.1. The van der Waals surface area contributed by atoms with Crippen LogP contribution >= 0.6 is 0 Å². The minimum Gasteiger partial charge on any atom is -0.326 e. The highest BCUT2D eigenvalue weighted by atomic mass is 16.2. The van der Waals surface area contributed by atoms with Crippen molar-refractivity contribution in [3.63, 3.8) is 0 Å². The van der Waals surface area contributed by atoms with E-state index in [0.29, 0.717) is 6.42 Å².